The molecule has 0 saturated heterocycles. The van der Waals surface area contributed by atoms with E-state index >= 15 is 0 Å². The SMILES string of the molecule is CCOC(=O)c1ccccc1Nc1cnnc(Nc2ccc(NC(C)=O)cc2)n1. The van der Waals surface area contributed by atoms with E-state index in [1.165, 1.54) is 13.1 Å². The largest absolute Gasteiger partial charge is 0.462 e. The van der Waals surface area contributed by atoms with Gasteiger partial charge in [0.05, 0.1) is 24.1 Å². The molecule has 0 aliphatic heterocycles. The number of carbonyl (C=O) groups excluding carboxylic acids is 2. The van der Waals surface area contributed by atoms with Gasteiger partial charge in [0, 0.05) is 18.3 Å². The number of hydrogen-bond acceptors (Lipinski definition) is 8. The first kappa shape index (κ1) is 19.7. The predicted octanol–water partition coefficient (Wildman–Crippen LogP) is 3.49. The Morgan fingerprint density at radius 1 is 1.00 bits per heavy atom. The van der Waals surface area contributed by atoms with Crippen LogP contribution in [0.1, 0.15) is 24.2 Å². The molecule has 148 valence electrons. The number of amides is 1. The molecule has 9 heteroatoms. The number of nitrogens with one attached hydrogen (secondary N) is 3. The summed E-state index contributed by atoms with van der Waals surface area (Å²) in [7, 11) is 0. The Labute approximate surface area is 167 Å². The van der Waals surface area contributed by atoms with Crippen LogP contribution in [0, 0.1) is 0 Å². The highest BCUT2D eigenvalue weighted by Crippen LogP contribution is 2.21. The van der Waals surface area contributed by atoms with Gasteiger partial charge in [0.2, 0.25) is 11.9 Å². The number of anilines is 5. The lowest BCUT2D eigenvalue weighted by Crippen LogP contribution is -2.09. The van der Waals surface area contributed by atoms with Gasteiger partial charge in [-0.25, -0.2) is 4.79 Å². The van der Waals surface area contributed by atoms with Crippen molar-refractivity contribution in [2.24, 2.45) is 0 Å². The third kappa shape index (κ3) is 5.48. The fourth-order valence-electron chi connectivity index (χ4n) is 2.50. The van der Waals surface area contributed by atoms with Crippen LogP contribution < -0.4 is 16.0 Å². The maximum atomic E-state index is 12.1. The standard InChI is InChI=1S/C20H20N6O3/c1-3-29-19(28)16-6-4-5-7-17(16)24-18-12-21-26-20(25-18)23-15-10-8-14(9-11-15)22-13(2)27/h4-12H,3H2,1-2H3,(H,22,27)(H2,23,24,25,26). The summed E-state index contributed by atoms with van der Waals surface area (Å²) >= 11 is 0. The molecule has 0 saturated carbocycles. The molecule has 2 aromatic carbocycles. The van der Waals surface area contributed by atoms with Crippen molar-refractivity contribution in [3.05, 3.63) is 60.3 Å². The van der Waals surface area contributed by atoms with E-state index in [0.717, 1.165) is 5.69 Å². The summed E-state index contributed by atoms with van der Waals surface area (Å²) in [5.41, 5.74) is 2.37. The molecule has 3 aromatic rings. The third-order valence-corrected chi connectivity index (χ3v) is 3.71. The van der Waals surface area contributed by atoms with Gasteiger partial charge in [-0.15, -0.1) is 5.10 Å². The van der Waals surface area contributed by atoms with Crippen molar-refractivity contribution in [3.8, 4) is 0 Å². The number of aromatic nitrogens is 3. The molecule has 1 heterocycles. The molecule has 0 bridgehead atoms. The Morgan fingerprint density at radius 3 is 2.45 bits per heavy atom. The van der Waals surface area contributed by atoms with Crippen LogP contribution >= 0.6 is 0 Å². The maximum absolute atomic E-state index is 12.1. The normalized spacial score (nSPS) is 10.1. The van der Waals surface area contributed by atoms with Crippen LogP contribution in [0.25, 0.3) is 0 Å². The van der Waals surface area contributed by atoms with Crippen molar-refractivity contribution < 1.29 is 14.3 Å². The Morgan fingerprint density at radius 2 is 1.72 bits per heavy atom. The fraction of sp³-hybridized carbons (Fsp3) is 0.150. The second-order valence-electron chi connectivity index (χ2n) is 5.94. The molecule has 0 unspecified atom stereocenters. The summed E-state index contributed by atoms with van der Waals surface area (Å²) in [5, 5.41) is 16.7. The number of benzene rings is 2. The van der Waals surface area contributed by atoms with Crippen LogP contribution in [0.15, 0.2) is 54.7 Å². The molecule has 0 radical (unpaired) electrons. The van der Waals surface area contributed by atoms with Crippen molar-refractivity contribution in [2.75, 3.05) is 22.6 Å². The second kappa shape index (κ2) is 9.27. The molecule has 0 fully saturated rings. The summed E-state index contributed by atoms with van der Waals surface area (Å²) < 4.78 is 5.08. The summed E-state index contributed by atoms with van der Waals surface area (Å²) in [4.78, 5) is 27.6. The molecule has 0 spiro atoms. The number of nitrogens with zero attached hydrogens (tertiary/aromatic N) is 3. The summed E-state index contributed by atoms with van der Waals surface area (Å²) in [5.74, 6) is 0.125. The van der Waals surface area contributed by atoms with Gasteiger partial charge in [-0.2, -0.15) is 10.1 Å². The van der Waals surface area contributed by atoms with E-state index in [1.807, 2.05) is 0 Å². The molecular weight excluding hydrogens is 372 g/mol. The molecule has 9 nitrogen and oxygen atoms in total. The topological polar surface area (TPSA) is 118 Å². The predicted molar refractivity (Wildman–Crippen MR) is 110 cm³/mol. The van der Waals surface area contributed by atoms with Gasteiger partial charge in [0.25, 0.3) is 0 Å². The maximum Gasteiger partial charge on any atom is 0.340 e. The number of rotatable bonds is 7. The Bertz CT molecular complexity index is 1010. The smallest absolute Gasteiger partial charge is 0.340 e. The molecule has 1 aromatic heterocycles. The number of carbonyl (C=O) groups is 2. The Balaban J connectivity index is 1.74. The van der Waals surface area contributed by atoms with Gasteiger partial charge in [-0.3, -0.25) is 4.79 Å². The lowest BCUT2D eigenvalue weighted by molar-refractivity contribution is -0.114. The highest BCUT2D eigenvalue weighted by Gasteiger charge is 2.13. The zero-order valence-corrected chi connectivity index (χ0v) is 16.0. The van der Waals surface area contributed by atoms with Gasteiger partial charge < -0.3 is 20.7 Å². The van der Waals surface area contributed by atoms with Gasteiger partial charge in [-0.05, 0) is 43.3 Å². The number of ether oxygens (including phenoxy) is 1. The highest BCUT2D eigenvalue weighted by molar-refractivity contribution is 5.96. The first-order valence-electron chi connectivity index (χ1n) is 8.92. The zero-order valence-electron chi connectivity index (χ0n) is 16.0. The van der Waals surface area contributed by atoms with Gasteiger partial charge >= 0.3 is 5.97 Å². The monoisotopic (exact) mass is 392 g/mol. The Hall–Kier alpha value is -4.01. The number of hydrogen-bond donors (Lipinski definition) is 3. The highest BCUT2D eigenvalue weighted by atomic mass is 16.5. The van der Waals surface area contributed by atoms with Crippen LogP contribution in [0.2, 0.25) is 0 Å². The summed E-state index contributed by atoms with van der Waals surface area (Å²) in [6.45, 7) is 3.49. The Kier molecular flexibility index (Phi) is 6.31. The van der Waals surface area contributed by atoms with Crippen LogP contribution in [0.5, 0.6) is 0 Å². The molecule has 0 aliphatic carbocycles. The minimum absolute atomic E-state index is 0.139. The lowest BCUT2D eigenvalue weighted by atomic mass is 10.2. The van der Waals surface area contributed by atoms with E-state index in [4.69, 9.17) is 4.74 Å². The van der Waals surface area contributed by atoms with E-state index in [1.54, 1.807) is 55.5 Å². The van der Waals surface area contributed by atoms with E-state index < -0.39 is 5.97 Å². The van der Waals surface area contributed by atoms with Crippen LogP contribution in [0.4, 0.5) is 28.8 Å². The van der Waals surface area contributed by atoms with Gasteiger partial charge in [0.1, 0.15) is 0 Å². The van der Waals surface area contributed by atoms with E-state index in [9.17, 15) is 9.59 Å². The lowest BCUT2D eigenvalue weighted by Gasteiger charge is -2.11. The summed E-state index contributed by atoms with van der Waals surface area (Å²) in [6.07, 6.45) is 1.45. The molecular formula is C20H20N6O3. The molecule has 1 amide bonds. The van der Waals surface area contributed by atoms with E-state index in [-0.39, 0.29) is 18.5 Å². The third-order valence-electron chi connectivity index (χ3n) is 3.71. The molecule has 3 N–H and O–H groups in total. The quantitative estimate of drug-likeness (QED) is 0.523. The minimum atomic E-state index is -0.421. The minimum Gasteiger partial charge on any atom is -0.462 e. The van der Waals surface area contributed by atoms with Crippen LogP contribution in [-0.2, 0) is 9.53 Å². The molecule has 0 aliphatic rings. The van der Waals surface area contributed by atoms with Gasteiger partial charge in [0.15, 0.2) is 5.82 Å². The zero-order chi connectivity index (χ0) is 20.6. The van der Waals surface area contributed by atoms with Crippen molar-refractivity contribution in [1.29, 1.82) is 0 Å². The molecule has 0 atom stereocenters. The van der Waals surface area contributed by atoms with Crippen molar-refractivity contribution >= 4 is 40.7 Å². The van der Waals surface area contributed by atoms with E-state index in [0.29, 0.717) is 22.8 Å². The number of para-hydroxylation sites is 1. The second-order valence-corrected chi connectivity index (χ2v) is 5.94. The number of esters is 1. The van der Waals surface area contributed by atoms with Crippen molar-refractivity contribution in [3.63, 3.8) is 0 Å². The van der Waals surface area contributed by atoms with Crippen LogP contribution in [0.3, 0.4) is 0 Å². The molecule has 29 heavy (non-hydrogen) atoms. The van der Waals surface area contributed by atoms with Gasteiger partial charge in [-0.1, -0.05) is 12.1 Å². The van der Waals surface area contributed by atoms with Crippen molar-refractivity contribution in [2.45, 2.75) is 13.8 Å². The first-order chi connectivity index (χ1) is 14.0. The van der Waals surface area contributed by atoms with E-state index in [2.05, 4.69) is 31.1 Å². The summed E-state index contributed by atoms with van der Waals surface area (Å²) in [6, 6.07) is 14.1. The first-order valence-corrected chi connectivity index (χ1v) is 8.92. The van der Waals surface area contributed by atoms with Crippen molar-refractivity contribution in [1.82, 2.24) is 15.2 Å². The average Bonchev–Trinajstić information content (AvgIpc) is 2.70. The molecule has 3 rings (SSSR count). The van der Waals surface area contributed by atoms with Crippen LogP contribution in [-0.4, -0.2) is 33.7 Å². The fourth-order valence-corrected chi connectivity index (χ4v) is 2.50. The average molecular weight is 392 g/mol.